The Morgan fingerprint density at radius 2 is 1.85 bits per heavy atom. The summed E-state index contributed by atoms with van der Waals surface area (Å²) in [7, 11) is 0. The van der Waals surface area contributed by atoms with Crippen LogP contribution in [0.1, 0.15) is 25.3 Å². The van der Waals surface area contributed by atoms with Crippen molar-refractivity contribution < 1.29 is 19.1 Å². The van der Waals surface area contributed by atoms with Crippen molar-refractivity contribution in [3.63, 3.8) is 0 Å². The van der Waals surface area contributed by atoms with E-state index in [0.29, 0.717) is 12.4 Å². The van der Waals surface area contributed by atoms with E-state index in [-0.39, 0.29) is 35.9 Å². The lowest BCUT2D eigenvalue weighted by molar-refractivity contribution is -0.124. The van der Waals surface area contributed by atoms with Crippen molar-refractivity contribution in [2.75, 3.05) is 18.2 Å². The Morgan fingerprint density at radius 1 is 1.12 bits per heavy atom. The first kappa shape index (κ1) is 16.0. The summed E-state index contributed by atoms with van der Waals surface area (Å²) in [5.74, 6) is -0.185. The van der Waals surface area contributed by atoms with Crippen molar-refractivity contribution in [1.29, 1.82) is 0 Å². The first-order valence-electron chi connectivity index (χ1n) is 9.37. The predicted octanol–water partition coefficient (Wildman–Crippen LogP) is 2.08. The third-order valence-corrected chi connectivity index (χ3v) is 5.84. The van der Waals surface area contributed by atoms with Gasteiger partial charge in [0.1, 0.15) is 12.5 Å². The van der Waals surface area contributed by atoms with E-state index < -0.39 is 0 Å². The molecule has 5 rings (SSSR count). The molecule has 6 nitrogen and oxygen atoms in total. The number of carbonyl (C=O) groups is 2. The van der Waals surface area contributed by atoms with Crippen LogP contribution < -0.4 is 9.64 Å². The van der Waals surface area contributed by atoms with Crippen LogP contribution in [0.4, 0.5) is 5.69 Å². The number of rotatable bonds is 4. The fourth-order valence-corrected chi connectivity index (χ4v) is 4.50. The molecule has 4 heterocycles. The maximum absolute atomic E-state index is 12.9. The van der Waals surface area contributed by atoms with Gasteiger partial charge in [-0.15, -0.1) is 0 Å². The number of nitrogens with zero attached hydrogens (tertiary/aromatic N) is 2. The third-order valence-electron chi connectivity index (χ3n) is 5.84. The Labute approximate surface area is 152 Å². The zero-order chi connectivity index (χ0) is 17.8. The van der Waals surface area contributed by atoms with Crippen molar-refractivity contribution >= 4 is 17.5 Å². The van der Waals surface area contributed by atoms with Crippen LogP contribution in [0.2, 0.25) is 0 Å². The van der Waals surface area contributed by atoms with Crippen LogP contribution >= 0.6 is 0 Å². The van der Waals surface area contributed by atoms with Gasteiger partial charge < -0.3 is 9.47 Å². The number of fused-ring (bicyclic) bond motifs is 6. The standard InChI is InChI=1S/C20H22N2O4/c1-2-3-8-21-10-12-9-13(4-5-14(12)25-11-21)22-19(23)17-15-6-7-16(26-15)18(17)20(22)24/h4-7,9,15-18H,2-3,8,10-11H2,1H3/t15-,16+,17?,18?. The number of carbonyl (C=O) groups excluding carboxylic acids is 2. The first-order chi connectivity index (χ1) is 12.7. The number of imide groups is 1. The number of unbranched alkanes of at least 4 members (excludes halogenated alkanes) is 1. The van der Waals surface area contributed by atoms with Crippen LogP contribution in [0, 0.1) is 11.8 Å². The molecule has 4 aliphatic rings. The van der Waals surface area contributed by atoms with Gasteiger partial charge in [-0.05, 0) is 24.6 Å². The van der Waals surface area contributed by atoms with Gasteiger partial charge >= 0.3 is 0 Å². The Kier molecular flexibility index (Phi) is 3.65. The highest BCUT2D eigenvalue weighted by atomic mass is 16.5. The Morgan fingerprint density at radius 3 is 2.54 bits per heavy atom. The van der Waals surface area contributed by atoms with Gasteiger partial charge in [0.05, 0.1) is 29.7 Å². The van der Waals surface area contributed by atoms with E-state index in [9.17, 15) is 9.59 Å². The highest BCUT2D eigenvalue weighted by Gasteiger charge is 2.61. The predicted molar refractivity (Wildman–Crippen MR) is 94.5 cm³/mol. The number of hydrogen-bond acceptors (Lipinski definition) is 5. The lowest BCUT2D eigenvalue weighted by Gasteiger charge is -2.29. The molecule has 1 aromatic carbocycles. The molecule has 0 aliphatic carbocycles. The second kappa shape index (κ2) is 5.93. The smallest absolute Gasteiger partial charge is 0.240 e. The van der Waals surface area contributed by atoms with Crippen LogP contribution in [0.25, 0.3) is 0 Å². The summed E-state index contributed by atoms with van der Waals surface area (Å²) in [4.78, 5) is 29.4. The number of ether oxygens (including phenoxy) is 2. The highest BCUT2D eigenvalue weighted by Crippen LogP contribution is 2.46. The maximum Gasteiger partial charge on any atom is 0.240 e. The van der Waals surface area contributed by atoms with E-state index in [1.54, 1.807) is 0 Å². The van der Waals surface area contributed by atoms with E-state index in [1.807, 2.05) is 30.4 Å². The lowest BCUT2D eigenvalue weighted by Crippen LogP contribution is -2.35. The van der Waals surface area contributed by atoms with Crippen LogP contribution in [0.5, 0.6) is 5.75 Å². The van der Waals surface area contributed by atoms with Crippen LogP contribution in [0.3, 0.4) is 0 Å². The van der Waals surface area contributed by atoms with E-state index in [0.717, 1.165) is 37.2 Å². The fraction of sp³-hybridized carbons (Fsp3) is 0.500. The lowest BCUT2D eigenvalue weighted by atomic mass is 9.85. The minimum absolute atomic E-state index is 0.142. The largest absolute Gasteiger partial charge is 0.478 e. The normalized spacial score (nSPS) is 32.1. The molecule has 4 aliphatic heterocycles. The molecular weight excluding hydrogens is 332 g/mol. The molecule has 136 valence electrons. The summed E-state index contributed by atoms with van der Waals surface area (Å²) in [5, 5.41) is 0. The second-order valence-corrected chi connectivity index (χ2v) is 7.49. The zero-order valence-electron chi connectivity index (χ0n) is 14.8. The Bertz CT molecular complexity index is 775. The monoisotopic (exact) mass is 354 g/mol. The van der Waals surface area contributed by atoms with Gasteiger partial charge in [-0.2, -0.15) is 0 Å². The fourth-order valence-electron chi connectivity index (χ4n) is 4.50. The molecule has 2 bridgehead atoms. The molecule has 2 saturated heterocycles. The van der Waals surface area contributed by atoms with Gasteiger partial charge in [0.15, 0.2) is 0 Å². The van der Waals surface area contributed by atoms with Crippen molar-refractivity contribution in [2.45, 2.75) is 38.5 Å². The number of hydrogen-bond donors (Lipinski definition) is 0. The molecule has 0 radical (unpaired) electrons. The van der Waals surface area contributed by atoms with Crippen molar-refractivity contribution in [2.24, 2.45) is 11.8 Å². The Hall–Kier alpha value is -2.18. The average molecular weight is 354 g/mol. The van der Waals surface area contributed by atoms with Gasteiger partial charge in [-0.3, -0.25) is 14.5 Å². The van der Waals surface area contributed by atoms with Crippen LogP contribution in [-0.4, -0.2) is 42.2 Å². The summed E-state index contributed by atoms with van der Waals surface area (Å²) in [6, 6.07) is 5.62. The molecular formula is C20H22N2O4. The minimum atomic E-state index is -0.370. The van der Waals surface area contributed by atoms with Gasteiger partial charge in [-0.1, -0.05) is 25.5 Å². The molecule has 0 spiro atoms. The molecule has 0 N–H and O–H groups in total. The Balaban J connectivity index is 1.42. The van der Waals surface area contributed by atoms with E-state index in [2.05, 4.69) is 11.8 Å². The van der Waals surface area contributed by atoms with Gasteiger partial charge in [0, 0.05) is 18.7 Å². The average Bonchev–Trinajstić information content (AvgIpc) is 3.33. The van der Waals surface area contributed by atoms with Gasteiger partial charge in [-0.25, -0.2) is 4.90 Å². The van der Waals surface area contributed by atoms with E-state index in [1.165, 1.54) is 4.90 Å². The molecule has 2 fully saturated rings. The van der Waals surface area contributed by atoms with Crippen molar-refractivity contribution in [1.82, 2.24) is 4.90 Å². The zero-order valence-corrected chi connectivity index (χ0v) is 14.8. The molecule has 2 unspecified atom stereocenters. The van der Waals surface area contributed by atoms with Crippen LogP contribution in [0.15, 0.2) is 30.4 Å². The number of benzene rings is 1. The summed E-state index contributed by atoms with van der Waals surface area (Å²) >= 11 is 0. The molecule has 0 aromatic heterocycles. The molecule has 0 saturated carbocycles. The third kappa shape index (κ3) is 2.25. The maximum atomic E-state index is 12.9. The summed E-state index contributed by atoms with van der Waals surface area (Å²) in [6.45, 7) is 4.52. The SMILES string of the molecule is CCCCN1COc2ccc(N3C(=O)C4C(C3=O)[C@H]3C=C[C@@H]4O3)cc2C1. The van der Waals surface area contributed by atoms with Gasteiger partial charge in [0.25, 0.3) is 0 Å². The summed E-state index contributed by atoms with van der Waals surface area (Å²) in [6.07, 6.45) is 5.58. The molecule has 26 heavy (non-hydrogen) atoms. The minimum Gasteiger partial charge on any atom is -0.478 e. The molecule has 2 amide bonds. The summed E-state index contributed by atoms with van der Waals surface area (Å²) in [5.41, 5.74) is 1.67. The first-order valence-corrected chi connectivity index (χ1v) is 9.37. The molecule has 1 aromatic rings. The molecule has 6 heteroatoms. The van der Waals surface area contributed by atoms with Crippen LogP contribution in [-0.2, 0) is 20.9 Å². The number of anilines is 1. The second-order valence-electron chi connectivity index (χ2n) is 7.49. The quantitative estimate of drug-likeness (QED) is 0.612. The molecule has 4 atom stereocenters. The van der Waals surface area contributed by atoms with Crippen molar-refractivity contribution in [3.05, 3.63) is 35.9 Å². The topological polar surface area (TPSA) is 59.1 Å². The van der Waals surface area contributed by atoms with E-state index >= 15 is 0 Å². The number of amides is 2. The van der Waals surface area contributed by atoms with Gasteiger partial charge in [0.2, 0.25) is 11.8 Å². The van der Waals surface area contributed by atoms with E-state index in [4.69, 9.17) is 9.47 Å². The van der Waals surface area contributed by atoms with Crippen molar-refractivity contribution in [3.8, 4) is 5.75 Å². The summed E-state index contributed by atoms with van der Waals surface area (Å²) < 4.78 is 11.5. The highest BCUT2D eigenvalue weighted by molar-refractivity contribution is 6.23.